The SMILES string of the molecule is Cc1ccc(C(=O)NCCC2OCCO2)cc1. The van der Waals surface area contributed by atoms with E-state index in [0.29, 0.717) is 31.7 Å². The van der Waals surface area contributed by atoms with Crippen molar-refractivity contribution in [3.63, 3.8) is 0 Å². The molecule has 0 saturated carbocycles. The molecule has 1 heterocycles. The molecule has 4 nitrogen and oxygen atoms in total. The molecule has 0 aliphatic carbocycles. The summed E-state index contributed by atoms with van der Waals surface area (Å²) < 4.78 is 10.6. The Balaban J connectivity index is 1.75. The highest BCUT2D eigenvalue weighted by Gasteiger charge is 2.15. The first-order chi connectivity index (χ1) is 8.25. The van der Waals surface area contributed by atoms with Crippen LogP contribution in [0.3, 0.4) is 0 Å². The molecule has 1 fully saturated rings. The van der Waals surface area contributed by atoms with E-state index in [1.54, 1.807) is 0 Å². The summed E-state index contributed by atoms with van der Waals surface area (Å²) in [6.07, 6.45) is 0.533. The minimum Gasteiger partial charge on any atom is -0.352 e. The average Bonchev–Trinajstić information content (AvgIpc) is 2.83. The Labute approximate surface area is 101 Å². The van der Waals surface area contributed by atoms with Gasteiger partial charge in [-0.25, -0.2) is 0 Å². The fourth-order valence-corrected chi connectivity index (χ4v) is 1.68. The second-order valence-corrected chi connectivity index (χ2v) is 4.08. The zero-order valence-electron chi connectivity index (χ0n) is 9.94. The van der Waals surface area contributed by atoms with Crippen LogP contribution in [-0.4, -0.2) is 32.0 Å². The molecule has 0 bridgehead atoms. The van der Waals surface area contributed by atoms with Crippen LogP contribution >= 0.6 is 0 Å². The summed E-state index contributed by atoms with van der Waals surface area (Å²) in [6, 6.07) is 7.51. The van der Waals surface area contributed by atoms with Crippen molar-refractivity contribution in [2.45, 2.75) is 19.6 Å². The topological polar surface area (TPSA) is 47.6 Å². The molecule has 1 N–H and O–H groups in total. The van der Waals surface area contributed by atoms with Crippen LogP contribution in [0.5, 0.6) is 0 Å². The summed E-state index contributed by atoms with van der Waals surface area (Å²) in [4.78, 5) is 11.7. The van der Waals surface area contributed by atoms with E-state index in [0.717, 1.165) is 5.56 Å². The van der Waals surface area contributed by atoms with Crippen LogP contribution in [0.15, 0.2) is 24.3 Å². The number of aryl methyl sites for hydroxylation is 1. The summed E-state index contributed by atoms with van der Waals surface area (Å²) >= 11 is 0. The van der Waals surface area contributed by atoms with Gasteiger partial charge in [-0.2, -0.15) is 0 Å². The fourth-order valence-electron chi connectivity index (χ4n) is 1.68. The molecule has 4 heteroatoms. The Morgan fingerprint density at radius 3 is 2.59 bits per heavy atom. The zero-order chi connectivity index (χ0) is 12.1. The summed E-state index contributed by atoms with van der Waals surface area (Å²) in [5, 5.41) is 2.85. The van der Waals surface area contributed by atoms with Crippen LogP contribution < -0.4 is 5.32 Å². The summed E-state index contributed by atoms with van der Waals surface area (Å²) in [5.74, 6) is -0.0528. The highest BCUT2D eigenvalue weighted by atomic mass is 16.7. The van der Waals surface area contributed by atoms with Crippen molar-refractivity contribution in [3.8, 4) is 0 Å². The number of carbonyl (C=O) groups is 1. The number of hydrogen-bond donors (Lipinski definition) is 1. The van der Waals surface area contributed by atoms with Crippen LogP contribution in [0.4, 0.5) is 0 Å². The second kappa shape index (κ2) is 5.80. The number of rotatable bonds is 4. The van der Waals surface area contributed by atoms with Crippen LogP contribution in [0.1, 0.15) is 22.3 Å². The van der Waals surface area contributed by atoms with Crippen molar-refractivity contribution in [3.05, 3.63) is 35.4 Å². The quantitative estimate of drug-likeness (QED) is 0.860. The van der Waals surface area contributed by atoms with Crippen molar-refractivity contribution in [1.82, 2.24) is 5.32 Å². The normalized spacial score (nSPS) is 16.1. The molecule has 2 rings (SSSR count). The lowest BCUT2D eigenvalue weighted by atomic mass is 10.1. The van der Waals surface area contributed by atoms with Crippen molar-refractivity contribution in [2.24, 2.45) is 0 Å². The van der Waals surface area contributed by atoms with Gasteiger partial charge < -0.3 is 14.8 Å². The van der Waals surface area contributed by atoms with Gasteiger partial charge in [0.15, 0.2) is 6.29 Å². The highest BCUT2D eigenvalue weighted by Crippen LogP contribution is 2.07. The molecule has 1 aromatic rings. The van der Waals surface area contributed by atoms with Crippen molar-refractivity contribution < 1.29 is 14.3 Å². The van der Waals surface area contributed by atoms with Gasteiger partial charge in [-0.1, -0.05) is 17.7 Å². The maximum Gasteiger partial charge on any atom is 0.251 e. The highest BCUT2D eigenvalue weighted by molar-refractivity contribution is 5.94. The van der Waals surface area contributed by atoms with Gasteiger partial charge in [0, 0.05) is 18.5 Å². The molecule has 92 valence electrons. The Hall–Kier alpha value is -1.39. The molecule has 1 aromatic carbocycles. The van der Waals surface area contributed by atoms with E-state index in [-0.39, 0.29) is 12.2 Å². The molecule has 0 radical (unpaired) electrons. The number of benzene rings is 1. The fraction of sp³-hybridized carbons (Fsp3) is 0.462. The minimum absolute atomic E-state index is 0.0528. The second-order valence-electron chi connectivity index (χ2n) is 4.08. The Morgan fingerprint density at radius 1 is 1.29 bits per heavy atom. The van der Waals surface area contributed by atoms with Crippen molar-refractivity contribution in [1.29, 1.82) is 0 Å². The van der Waals surface area contributed by atoms with Crippen LogP contribution in [0, 0.1) is 6.92 Å². The molecule has 0 unspecified atom stereocenters. The number of ether oxygens (including phenoxy) is 2. The van der Waals surface area contributed by atoms with E-state index in [4.69, 9.17) is 9.47 Å². The molecular weight excluding hydrogens is 218 g/mol. The first kappa shape index (κ1) is 12.1. The molecule has 0 aromatic heterocycles. The molecule has 1 aliphatic heterocycles. The lowest BCUT2D eigenvalue weighted by Gasteiger charge is -2.09. The predicted octanol–water partition coefficient (Wildman–Crippen LogP) is 1.49. The van der Waals surface area contributed by atoms with E-state index in [9.17, 15) is 4.79 Å². The van der Waals surface area contributed by atoms with Gasteiger partial charge in [-0.3, -0.25) is 4.79 Å². The molecule has 0 atom stereocenters. The van der Waals surface area contributed by atoms with E-state index < -0.39 is 0 Å². The van der Waals surface area contributed by atoms with Gasteiger partial charge in [0.2, 0.25) is 0 Å². The summed E-state index contributed by atoms with van der Waals surface area (Å²) in [6.45, 7) is 3.86. The number of amides is 1. The van der Waals surface area contributed by atoms with Crippen LogP contribution in [0.25, 0.3) is 0 Å². The van der Waals surface area contributed by atoms with E-state index in [2.05, 4.69) is 5.32 Å². The predicted molar refractivity (Wildman–Crippen MR) is 63.8 cm³/mol. The van der Waals surface area contributed by atoms with E-state index in [1.165, 1.54) is 0 Å². The standard InChI is InChI=1S/C13H17NO3/c1-10-2-4-11(5-3-10)13(15)14-7-6-12-16-8-9-17-12/h2-5,12H,6-9H2,1H3,(H,14,15). The third-order valence-corrected chi connectivity index (χ3v) is 2.67. The van der Waals surface area contributed by atoms with Crippen molar-refractivity contribution in [2.75, 3.05) is 19.8 Å². The van der Waals surface area contributed by atoms with Crippen LogP contribution in [0.2, 0.25) is 0 Å². The van der Waals surface area contributed by atoms with E-state index >= 15 is 0 Å². The third kappa shape index (κ3) is 3.54. The number of carbonyl (C=O) groups excluding carboxylic acids is 1. The third-order valence-electron chi connectivity index (χ3n) is 2.67. The van der Waals surface area contributed by atoms with Gasteiger partial charge in [-0.15, -0.1) is 0 Å². The van der Waals surface area contributed by atoms with Gasteiger partial charge >= 0.3 is 0 Å². The Kier molecular flexibility index (Phi) is 4.12. The first-order valence-corrected chi connectivity index (χ1v) is 5.84. The van der Waals surface area contributed by atoms with E-state index in [1.807, 2.05) is 31.2 Å². The molecule has 1 saturated heterocycles. The van der Waals surface area contributed by atoms with Gasteiger partial charge in [-0.05, 0) is 19.1 Å². The maximum atomic E-state index is 11.7. The molecular formula is C13H17NO3. The maximum absolute atomic E-state index is 11.7. The largest absolute Gasteiger partial charge is 0.352 e. The van der Waals surface area contributed by atoms with Gasteiger partial charge in [0.1, 0.15) is 0 Å². The van der Waals surface area contributed by atoms with Gasteiger partial charge in [0.05, 0.1) is 13.2 Å². The summed E-state index contributed by atoms with van der Waals surface area (Å²) in [5.41, 5.74) is 1.83. The minimum atomic E-state index is -0.159. The molecule has 17 heavy (non-hydrogen) atoms. The molecule has 1 aliphatic rings. The molecule has 0 spiro atoms. The summed E-state index contributed by atoms with van der Waals surface area (Å²) in [7, 11) is 0. The van der Waals surface area contributed by atoms with Crippen molar-refractivity contribution >= 4 is 5.91 Å². The monoisotopic (exact) mass is 235 g/mol. The Morgan fingerprint density at radius 2 is 1.94 bits per heavy atom. The lowest BCUT2D eigenvalue weighted by molar-refractivity contribution is -0.0455. The first-order valence-electron chi connectivity index (χ1n) is 5.84. The average molecular weight is 235 g/mol. The van der Waals surface area contributed by atoms with Crippen LogP contribution in [-0.2, 0) is 9.47 Å². The number of hydrogen-bond acceptors (Lipinski definition) is 3. The Bertz CT molecular complexity index is 369. The lowest BCUT2D eigenvalue weighted by Crippen LogP contribution is -2.27. The number of nitrogens with one attached hydrogen (secondary N) is 1. The smallest absolute Gasteiger partial charge is 0.251 e. The zero-order valence-corrected chi connectivity index (χ0v) is 9.94. The van der Waals surface area contributed by atoms with Gasteiger partial charge in [0.25, 0.3) is 5.91 Å². The molecule has 1 amide bonds.